The summed E-state index contributed by atoms with van der Waals surface area (Å²) >= 11 is 0. The number of pyridine rings is 1. The maximum absolute atomic E-state index is 12.9. The van der Waals surface area contributed by atoms with Crippen LogP contribution in [0.15, 0.2) is 52.2 Å². The molecular weight excluding hydrogens is 404 g/mol. The molecule has 1 aliphatic heterocycles. The zero-order valence-corrected chi connectivity index (χ0v) is 18.2. The van der Waals surface area contributed by atoms with Crippen molar-refractivity contribution in [1.29, 1.82) is 0 Å². The van der Waals surface area contributed by atoms with Crippen LogP contribution in [0.3, 0.4) is 0 Å². The molecule has 1 aromatic carbocycles. The second kappa shape index (κ2) is 9.44. The minimum Gasteiger partial charge on any atom is -0.339 e. The summed E-state index contributed by atoms with van der Waals surface area (Å²) in [5.74, 6) is -0.139. The Morgan fingerprint density at radius 1 is 1.03 bits per heavy atom. The van der Waals surface area contributed by atoms with Gasteiger partial charge in [-0.1, -0.05) is 25.1 Å². The predicted octanol–water partition coefficient (Wildman–Crippen LogP) is 1.51. The smallest absolute Gasteiger partial charge is 0.275 e. The van der Waals surface area contributed by atoms with Crippen molar-refractivity contribution < 1.29 is 13.2 Å². The first-order chi connectivity index (χ1) is 14.3. The molecule has 9 heteroatoms. The monoisotopic (exact) mass is 432 g/mol. The van der Waals surface area contributed by atoms with E-state index in [1.807, 2.05) is 0 Å². The van der Waals surface area contributed by atoms with E-state index in [9.17, 15) is 18.0 Å². The summed E-state index contributed by atoms with van der Waals surface area (Å²) < 4.78 is 28.8. The number of nitrogens with zero attached hydrogens (tertiary/aromatic N) is 3. The molecule has 1 amide bonds. The largest absolute Gasteiger partial charge is 0.339 e. The zero-order valence-electron chi connectivity index (χ0n) is 17.4. The molecule has 0 spiro atoms. The standard InChI is InChI=1S/C21H28N4O4S/c1-3-11-23-12-14-24(15-13-23)20(26)16-25-17(2)9-10-19(21(25)27)22-30(28,29)18-7-5-4-6-8-18/h4-10,22H,3,11-16H2,1-2H3. The Bertz CT molecular complexity index is 1040. The third kappa shape index (κ3) is 5.09. The van der Waals surface area contributed by atoms with Crippen LogP contribution in [0.5, 0.6) is 0 Å². The number of carbonyl (C=O) groups excluding carboxylic acids is 1. The number of hydrogen-bond acceptors (Lipinski definition) is 5. The van der Waals surface area contributed by atoms with Gasteiger partial charge in [-0.15, -0.1) is 0 Å². The van der Waals surface area contributed by atoms with Gasteiger partial charge >= 0.3 is 0 Å². The van der Waals surface area contributed by atoms with Gasteiger partial charge < -0.3 is 9.47 Å². The van der Waals surface area contributed by atoms with Gasteiger partial charge in [0.2, 0.25) is 5.91 Å². The van der Waals surface area contributed by atoms with Gasteiger partial charge in [-0.05, 0) is 44.2 Å². The lowest BCUT2D eigenvalue weighted by molar-refractivity contribution is -0.133. The van der Waals surface area contributed by atoms with Crippen LogP contribution in [0.1, 0.15) is 19.0 Å². The summed E-state index contributed by atoms with van der Waals surface area (Å²) in [5.41, 5.74) is -0.0156. The van der Waals surface area contributed by atoms with E-state index in [2.05, 4.69) is 16.5 Å². The highest BCUT2D eigenvalue weighted by molar-refractivity contribution is 7.92. The zero-order chi connectivity index (χ0) is 21.7. The van der Waals surface area contributed by atoms with E-state index in [0.717, 1.165) is 26.1 Å². The van der Waals surface area contributed by atoms with Crippen LogP contribution in [-0.2, 0) is 21.4 Å². The second-order valence-corrected chi connectivity index (χ2v) is 9.10. The van der Waals surface area contributed by atoms with Crippen LogP contribution in [0.4, 0.5) is 5.69 Å². The van der Waals surface area contributed by atoms with Gasteiger partial charge in [-0.25, -0.2) is 8.42 Å². The third-order valence-electron chi connectivity index (χ3n) is 5.25. The third-order valence-corrected chi connectivity index (χ3v) is 6.63. The van der Waals surface area contributed by atoms with Crippen LogP contribution in [0.2, 0.25) is 0 Å². The van der Waals surface area contributed by atoms with Gasteiger partial charge in [0.1, 0.15) is 12.2 Å². The normalized spacial score (nSPS) is 15.2. The number of nitrogens with one attached hydrogen (secondary N) is 1. The number of rotatable bonds is 7. The fourth-order valence-electron chi connectivity index (χ4n) is 3.52. The topological polar surface area (TPSA) is 91.7 Å². The summed E-state index contributed by atoms with van der Waals surface area (Å²) in [6.45, 7) is 7.67. The Hall–Kier alpha value is -2.65. The van der Waals surface area contributed by atoms with Gasteiger partial charge in [0.25, 0.3) is 15.6 Å². The molecule has 2 heterocycles. The molecule has 1 N–H and O–H groups in total. The second-order valence-electron chi connectivity index (χ2n) is 7.42. The number of carbonyl (C=O) groups is 1. The summed E-state index contributed by atoms with van der Waals surface area (Å²) in [6, 6.07) is 10.9. The molecule has 1 aliphatic rings. The van der Waals surface area contributed by atoms with Gasteiger partial charge in [-0.3, -0.25) is 19.2 Å². The number of sulfonamides is 1. The van der Waals surface area contributed by atoms with Crippen LogP contribution in [-0.4, -0.2) is 61.4 Å². The van der Waals surface area contributed by atoms with Crippen molar-refractivity contribution in [2.75, 3.05) is 37.4 Å². The Morgan fingerprint density at radius 2 is 1.70 bits per heavy atom. The minimum atomic E-state index is -3.89. The Balaban J connectivity index is 1.75. The average molecular weight is 433 g/mol. The van der Waals surface area contributed by atoms with Crippen molar-refractivity contribution in [2.24, 2.45) is 0 Å². The number of amides is 1. The SMILES string of the molecule is CCCN1CCN(C(=O)Cn2c(C)ccc(NS(=O)(=O)c3ccccc3)c2=O)CC1. The first-order valence-electron chi connectivity index (χ1n) is 10.1. The predicted molar refractivity (Wildman–Crippen MR) is 116 cm³/mol. The summed E-state index contributed by atoms with van der Waals surface area (Å²) in [6.07, 6.45) is 1.08. The quantitative estimate of drug-likeness (QED) is 0.716. The lowest BCUT2D eigenvalue weighted by Gasteiger charge is -2.34. The first-order valence-corrected chi connectivity index (χ1v) is 11.6. The fraction of sp³-hybridized carbons (Fsp3) is 0.429. The molecule has 1 fully saturated rings. The van der Waals surface area contributed by atoms with Crippen molar-refractivity contribution in [3.63, 3.8) is 0 Å². The van der Waals surface area contributed by atoms with E-state index < -0.39 is 15.6 Å². The molecule has 162 valence electrons. The molecule has 3 rings (SSSR count). The molecule has 1 saturated heterocycles. The van der Waals surface area contributed by atoms with E-state index in [1.54, 1.807) is 36.1 Å². The lowest BCUT2D eigenvalue weighted by atomic mass is 10.2. The van der Waals surface area contributed by atoms with E-state index in [4.69, 9.17) is 0 Å². The van der Waals surface area contributed by atoms with E-state index in [0.29, 0.717) is 18.8 Å². The van der Waals surface area contributed by atoms with Gasteiger partial charge in [0.05, 0.1) is 4.90 Å². The maximum atomic E-state index is 12.9. The number of piperazine rings is 1. The Morgan fingerprint density at radius 3 is 2.33 bits per heavy atom. The molecule has 0 atom stereocenters. The molecule has 0 unspecified atom stereocenters. The van der Waals surface area contributed by atoms with Crippen molar-refractivity contribution in [3.05, 3.63) is 58.5 Å². The molecule has 0 aliphatic carbocycles. The summed E-state index contributed by atoms with van der Waals surface area (Å²) in [5, 5.41) is 0. The Kier molecular flexibility index (Phi) is 6.94. The van der Waals surface area contributed by atoms with Crippen molar-refractivity contribution in [3.8, 4) is 0 Å². The fourth-order valence-corrected chi connectivity index (χ4v) is 4.60. The summed E-state index contributed by atoms with van der Waals surface area (Å²) in [7, 11) is -3.89. The van der Waals surface area contributed by atoms with E-state index >= 15 is 0 Å². The van der Waals surface area contributed by atoms with Crippen LogP contribution >= 0.6 is 0 Å². The summed E-state index contributed by atoms with van der Waals surface area (Å²) in [4.78, 5) is 29.8. The lowest BCUT2D eigenvalue weighted by Crippen LogP contribution is -2.50. The van der Waals surface area contributed by atoms with Crippen LogP contribution in [0, 0.1) is 6.92 Å². The van der Waals surface area contributed by atoms with Gasteiger partial charge in [-0.2, -0.15) is 0 Å². The van der Waals surface area contributed by atoms with Crippen LogP contribution < -0.4 is 10.3 Å². The minimum absolute atomic E-state index is 0.0672. The molecule has 0 saturated carbocycles. The molecule has 2 aromatic rings. The van der Waals surface area contributed by atoms with Crippen molar-refractivity contribution >= 4 is 21.6 Å². The molecule has 0 bridgehead atoms. The number of anilines is 1. The van der Waals surface area contributed by atoms with E-state index in [-0.39, 0.29) is 23.0 Å². The first kappa shape index (κ1) is 22.0. The maximum Gasteiger partial charge on any atom is 0.275 e. The Labute approximate surface area is 177 Å². The van der Waals surface area contributed by atoms with Crippen molar-refractivity contribution in [1.82, 2.24) is 14.4 Å². The van der Waals surface area contributed by atoms with Gasteiger partial charge in [0.15, 0.2) is 0 Å². The molecule has 8 nitrogen and oxygen atoms in total. The van der Waals surface area contributed by atoms with Crippen molar-refractivity contribution in [2.45, 2.75) is 31.7 Å². The molecule has 0 radical (unpaired) electrons. The molecular formula is C21H28N4O4S. The molecule has 1 aromatic heterocycles. The highest BCUT2D eigenvalue weighted by Gasteiger charge is 2.22. The number of benzene rings is 1. The number of aryl methyl sites for hydroxylation is 1. The highest BCUT2D eigenvalue weighted by Crippen LogP contribution is 2.14. The van der Waals surface area contributed by atoms with E-state index in [1.165, 1.54) is 22.8 Å². The van der Waals surface area contributed by atoms with Crippen LogP contribution in [0.25, 0.3) is 0 Å². The average Bonchev–Trinajstić information content (AvgIpc) is 2.74. The number of aromatic nitrogens is 1. The number of hydrogen-bond donors (Lipinski definition) is 1. The van der Waals surface area contributed by atoms with Gasteiger partial charge in [0, 0.05) is 31.9 Å². The highest BCUT2D eigenvalue weighted by atomic mass is 32.2. The molecule has 30 heavy (non-hydrogen) atoms.